The van der Waals surface area contributed by atoms with Gasteiger partial charge in [-0.25, -0.2) is 19.3 Å². The number of nitrogens with zero attached hydrogens (tertiary/aromatic N) is 6. The van der Waals surface area contributed by atoms with Crippen LogP contribution in [-0.2, 0) is 6.54 Å². The zero-order valence-corrected chi connectivity index (χ0v) is 15.0. The standard InChI is InChI=1S/C17H23N7O2/c1-21(2)17(26)23-10-8-22(9-11-23)16(25)19-13-14-4-6-18-15(12-14)24-7-3-5-20-24/h3-7,12H,8-11,13H2,1-2H3,(H,19,25). The first-order chi connectivity index (χ1) is 12.5. The van der Waals surface area contributed by atoms with E-state index >= 15 is 0 Å². The summed E-state index contributed by atoms with van der Waals surface area (Å²) in [6.07, 6.45) is 5.21. The molecule has 0 saturated carbocycles. The van der Waals surface area contributed by atoms with Gasteiger partial charge in [0.05, 0.1) is 0 Å². The fourth-order valence-electron chi connectivity index (χ4n) is 2.77. The lowest BCUT2D eigenvalue weighted by Crippen LogP contribution is -2.54. The van der Waals surface area contributed by atoms with Crippen LogP contribution in [0.4, 0.5) is 9.59 Å². The third-order valence-corrected chi connectivity index (χ3v) is 4.21. The topological polar surface area (TPSA) is 86.6 Å². The van der Waals surface area contributed by atoms with Crippen molar-refractivity contribution in [2.24, 2.45) is 0 Å². The van der Waals surface area contributed by atoms with Crippen LogP contribution in [0.25, 0.3) is 5.82 Å². The summed E-state index contributed by atoms with van der Waals surface area (Å²) in [5.74, 6) is 0.706. The number of rotatable bonds is 3. The van der Waals surface area contributed by atoms with Crippen molar-refractivity contribution in [2.75, 3.05) is 40.3 Å². The highest BCUT2D eigenvalue weighted by Gasteiger charge is 2.24. The van der Waals surface area contributed by atoms with Crippen molar-refractivity contribution in [3.8, 4) is 5.82 Å². The molecule has 0 aromatic carbocycles. The van der Waals surface area contributed by atoms with E-state index in [1.165, 1.54) is 0 Å². The normalized spacial score (nSPS) is 14.2. The number of piperazine rings is 1. The lowest BCUT2D eigenvalue weighted by molar-refractivity contribution is 0.128. The molecule has 1 aliphatic rings. The van der Waals surface area contributed by atoms with Gasteiger partial charge in [0.2, 0.25) is 0 Å². The molecule has 0 aliphatic carbocycles. The van der Waals surface area contributed by atoms with Crippen molar-refractivity contribution in [3.63, 3.8) is 0 Å². The van der Waals surface area contributed by atoms with Crippen LogP contribution in [0.3, 0.4) is 0 Å². The molecule has 138 valence electrons. The number of nitrogens with one attached hydrogen (secondary N) is 1. The van der Waals surface area contributed by atoms with Gasteiger partial charge >= 0.3 is 12.1 Å². The van der Waals surface area contributed by atoms with E-state index in [4.69, 9.17) is 0 Å². The van der Waals surface area contributed by atoms with Crippen molar-refractivity contribution >= 4 is 12.1 Å². The fourth-order valence-corrected chi connectivity index (χ4v) is 2.77. The Labute approximate surface area is 152 Å². The van der Waals surface area contributed by atoms with Crippen molar-refractivity contribution < 1.29 is 9.59 Å². The number of aromatic nitrogens is 3. The second kappa shape index (κ2) is 7.85. The van der Waals surface area contributed by atoms with Gasteiger partial charge in [-0.1, -0.05) is 0 Å². The summed E-state index contributed by atoms with van der Waals surface area (Å²) in [6.45, 7) is 2.55. The molecule has 1 saturated heterocycles. The van der Waals surface area contributed by atoms with E-state index in [-0.39, 0.29) is 12.1 Å². The van der Waals surface area contributed by atoms with Crippen LogP contribution < -0.4 is 5.32 Å². The monoisotopic (exact) mass is 357 g/mol. The molecule has 1 aliphatic heterocycles. The highest BCUT2D eigenvalue weighted by molar-refractivity contribution is 5.76. The Bertz CT molecular complexity index is 752. The van der Waals surface area contributed by atoms with Gasteiger partial charge in [0.25, 0.3) is 0 Å². The SMILES string of the molecule is CN(C)C(=O)N1CCN(C(=O)NCc2ccnc(-n3cccn3)c2)CC1. The van der Waals surface area contributed by atoms with E-state index in [9.17, 15) is 9.59 Å². The molecule has 9 nitrogen and oxygen atoms in total. The highest BCUT2D eigenvalue weighted by atomic mass is 16.2. The predicted octanol–water partition coefficient (Wildman–Crippen LogP) is 0.776. The zero-order chi connectivity index (χ0) is 18.5. The molecular formula is C17H23N7O2. The average molecular weight is 357 g/mol. The van der Waals surface area contributed by atoms with E-state index in [0.717, 1.165) is 5.56 Å². The molecule has 26 heavy (non-hydrogen) atoms. The number of hydrogen-bond acceptors (Lipinski definition) is 4. The predicted molar refractivity (Wildman–Crippen MR) is 95.8 cm³/mol. The minimum Gasteiger partial charge on any atom is -0.334 e. The van der Waals surface area contributed by atoms with Crippen molar-refractivity contribution in [2.45, 2.75) is 6.54 Å². The molecule has 0 bridgehead atoms. The molecular weight excluding hydrogens is 334 g/mol. The summed E-state index contributed by atoms with van der Waals surface area (Å²) in [7, 11) is 3.46. The molecule has 0 unspecified atom stereocenters. The van der Waals surface area contributed by atoms with Gasteiger partial charge in [0.1, 0.15) is 0 Å². The number of amides is 4. The fraction of sp³-hybridized carbons (Fsp3) is 0.412. The Morgan fingerprint density at radius 1 is 1.15 bits per heavy atom. The van der Waals surface area contributed by atoms with E-state index in [1.807, 2.05) is 24.4 Å². The second-order valence-corrected chi connectivity index (χ2v) is 6.28. The lowest BCUT2D eigenvalue weighted by Gasteiger charge is -2.35. The molecule has 0 radical (unpaired) electrons. The Balaban J connectivity index is 1.51. The summed E-state index contributed by atoms with van der Waals surface area (Å²) in [5.41, 5.74) is 0.945. The summed E-state index contributed by atoms with van der Waals surface area (Å²) in [4.78, 5) is 33.6. The Hall–Kier alpha value is -3.10. The molecule has 1 fully saturated rings. The van der Waals surface area contributed by atoms with Gasteiger partial charge in [0.15, 0.2) is 5.82 Å². The van der Waals surface area contributed by atoms with Gasteiger partial charge in [-0.2, -0.15) is 5.10 Å². The smallest absolute Gasteiger partial charge is 0.319 e. The van der Waals surface area contributed by atoms with Gasteiger partial charge in [0, 0.05) is 65.4 Å². The van der Waals surface area contributed by atoms with E-state index in [2.05, 4.69) is 15.4 Å². The third-order valence-electron chi connectivity index (χ3n) is 4.21. The first kappa shape index (κ1) is 17.7. The molecule has 3 rings (SSSR count). The van der Waals surface area contributed by atoms with Crippen molar-refractivity contribution in [1.82, 2.24) is 34.8 Å². The maximum atomic E-state index is 12.4. The molecule has 2 aromatic heterocycles. The Kier molecular flexibility index (Phi) is 5.35. The molecule has 3 heterocycles. The Morgan fingerprint density at radius 2 is 1.88 bits per heavy atom. The number of pyridine rings is 1. The van der Waals surface area contributed by atoms with Crippen LogP contribution in [0, 0.1) is 0 Å². The van der Waals surface area contributed by atoms with Crippen LogP contribution in [0.15, 0.2) is 36.8 Å². The zero-order valence-electron chi connectivity index (χ0n) is 15.0. The van der Waals surface area contributed by atoms with Gasteiger partial charge in [-0.3, -0.25) is 0 Å². The Morgan fingerprint density at radius 3 is 2.54 bits per heavy atom. The number of hydrogen-bond donors (Lipinski definition) is 1. The molecule has 0 spiro atoms. The third kappa shape index (κ3) is 4.11. The maximum absolute atomic E-state index is 12.4. The van der Waals surface area contributed by atoms with Crippen LogP contribution >= 0.6 is 0 Å². The molecule has 4 amide bonds. The first-order valence-corrected chi connectivity index (χ1v) is 8.48. The van der Waals surface area contributed by atoms with Gasteiger partial charge in [-0.05, 0) is 23.8 Å². The van der Waals surface area contributed by atoms with E-state index in [1.54, 1.807) is 45.9 Å². The summed E-state index contributed by atoms with van der Waals surface area (Å²) >= 11 is 0. The molecule has 1 N–H and O–H groups in total. The molecule has 2 aromatic rings. The minimum absolute atomic E-state index is 0.0204. The van der Waals surface area contributed by atoms with E-state index in [0.29, 0.717) is 38.5 Å². The summed E-state index contributed by atoms with van der Waals surface area (Å²) in [5, 5.41) is 7.08. The summed E-state index contributed by atoms with van der Waals surface area (Å²) in [6, 6.07) is 5.44. The van der Waals surface area contributed by atoms with Crippen LogP contribution in [0.2, 0.25) is 0 Å². The number of carbonyl (C=O) groups excluding carboxylic acids is 2. The van der Waals surface area contributed by atoms with Crippen molar-refractivity contribution in [1.29, 1.82) is 0 Å². The minimum atomic E-state index is -0.126. The second-order valence-electron chi connectivity index (χ2n) is 6.28. The number of urea groups is 2. The largest absolute Gasteiger partial charge is 0.334 e. The number of carbonyl (C=O) groups is 2. The van der Waals surface area contributed by atoms with Crippen LogP contribution in [0.1, 0.15) is 5.56 Å². The highest BCUT2D eigenvalue weighted by Crippen LogP contribution is 2.08. The van der Waals surface area contributed by atoms with Gasteiger partial charge < -0.3 is 20.0 Å². The first-order valence-electron chi connectivity index (χ1n) is 8.48. The summed E-state index contributed by atoms with van der Waals surface area (Å²) < 4.78 is 1.67. The molecule has 9 heteroatoms. The van der Waals surface area contributed by atoms with E-state index < -0.39 is 0 Å². The van der Waals surface area contributed by atoms with Crippen LogP contribution in [-0.4, -0.2) is 81.8 Å². The van der Waals surface area contributed by atoms with Crippen molar-refractivity contribution in [3.05, 3.63) is 42.4 Å². The van der Waals surface area contributed by atoms with Crippen LogP contribution in [0.5, 0.6) is 0 Å². The lowest BCUT2D eigenvalue weighted by atomic mass is 10.2. The van der Waals surface area contributed by atoms with Gasteiger partial charge in [-0.15, -0.1) is 0 Å². The maximum Gasteiger partial charge on any atom is 0.319 e. The molecule has 0 atom stereocenters. The quantitative estimate of drug-likeness (QED) is 0.879. The average Bonchev–Trinajstić information content (AvgIpc) is 3.20.